The van der Waals surface area contributed by atoms with Crippen LogP contribution in [0.2, 0.25) is 0 Å². The summed E-state index contributed by atoms with van der Waals surface area (Å²) in [5.41, 5.74) is 0.657. The van der Waals surface area contributed by atoms with Crippen molar-refractivity contribution in [3.8, 4) is 0 Å². The lowest BCUT2D eigenvalue weighted by atomic mass is 9.92. The molecule has 1 aromatic rings. The molecule has 130 valence electrons. The number of nitrogens with zero attached hydrogens (tertiary/aromatic N) is 3. The van der Waals surface area contributed by atoms with E-state index in [4.69, 9.17) is 0 Å². The van der Waals surface area contributed by atoms with Gasteiger partial charge in [0.1, 0.15) is 5.69 Å². The minimum Gasteiger partial charge on any atom is -0.388 e. The van der Waals surface area contributed by atoms with Crippen molar-refractivity contribution in [2.75, 3.05) is 33.7 Å². The first-order valence-electron chi connectivity index (χ1n) is 8.33. The van der Waals surface area contributed by atoms with Crippen LogP contribution < -0.4 is 0 Å². The summed E-state index contributed by atoms with van der Waals surface area (Å²) in [6, 6.07) is 1.85. The third-order valence-corrected chi connectivity index (χ3v) is 4.42. The first-order valence-corrected chi connectivity index (χ1v) is 8.33. The van der Waals surface area contributed by atoms with Gasteiger partial charge in [0.25, 0.3) is 5.91 Å². The Hall–Kier alpha value is -1.40. The molecule has 0 unspecified atom stereocenters. The van der Waals surface area contributed by atoms with E-state index in [2.05, 4.69) is 31.0 Å². The van der Waals surface area contributed by atoms with Crippen molar-refractivity contribution in [2.45, 2.75) is 51.0 Å². The van der Waals surface area contributed by atoms with Gasteiger partial charge in [-0.05, 0) is 39.4 Å². The average Bonchev–Trinajstić information content (AvgIpc) is 2.83. The summed E-state index contributed by atoms with van der Waals surface area (Å²) in [6.45, 7) is 8.13. The fraction of sp³-hybridized carbons (Fsp3) is 0.765. The van der Waals surface area contributed by atoms with Crippen LogP contribution in [0.3, 0.4) is 0 Å². The minimum absolute atomic E-state index is 0.0501. The van der Waals surface area contributed by atoms with Gasteiger partial charge in [-0.3, -0.25) is 9.89 Å². The van der Waals surface area contributed by atoms with Crippen LogP contribution in [0.25, 0.3) is 0 Å². The molecule has 6 heteroatoms. The monoisotopic (exact) mass is 322 g/mol. The SMILES string of the molecule is CN(C)C[C@@]1(O)CCCN(C(=O)c2cc(C(C)(C)C)[nH]n2)CC1. The molecule has 0 spiro atoms. The fourth-order valence-electron chi connectivity index (χ4n) is 3.11. The lowest BCUT2D eigenvalue weighted by Gasteiger charge is -2.29. The van der Waals surface area contributed by atoms with Crippen molar-refractivity contribution in [1.29, 1.82) is 0 Å². The Morgan fingerprint density at radius 2 is 2.09 bits per heavy atom. The molecular weight excluding hydrogens is 292 g/mol. The summed E-state index contributed by atoms with van der Waals surface area (Å²) >= 11 is 0. The summed E-state index contributed by atoms with van der Waals surface area (Å²) in [4.78, 5) is 16.5. The number of hydrogen-bond donors (Lipinski definition) is 2. The highest BCUT2D eigenvalue weighted by molar-refractivity contribution is 5.92. The molecule has 0 radical (unpaired) electrons. The molecule has 2 rings (SSSR count). The topological polar surface area (TPSA) is 72.5 Å². The molecule has 6 nitrogen and oxygen atoms in total. The summed E-state index contributed by atoms with van der Waals surface area (Å²) < 4.78 is 0. The van der Waals surface area contributed by atoms with Crippen LogP contribution in [0.5, 0.6) is 0 Å². The molecule has 1 amide bonds. The Balaban J connectivity index is 2.05. The van der Waals surface area contributed by atoms with Crippen molar-refractivity contribution in [1.82, 2.24) is 20.0 Å². The van der Waals surface area contributed by atoms with Crippen molar-refractivity contribution in [3.05, 3.63) is 17.5 Å². The second-order valence-electron chi connectivity index (χ2n) is 8.02. The van der Waals surface area contributed by atoms with Crippen LogP contribution in [-0.4, -0.2) is 70.3 Å². The lowest BCUT2D eigenvalue weighted by molar-refractivity contribution is 0.00303. The molecule has 2 N–H and O–H groups in total. The molecule has 1 aliphatic rings. The van der Waals surface area contributed by atoms with Crippen LogP contribution in [0.15, 0.2) is 6.07 Å². The number of hydrogen-bond acceptors (Lipinski definition) is 4. The number of H-pyrrole nitrogens is 1. The van der Waals surface area contributed by atoms with Gasteiger partial charge in [0.2, 0.25) is 0 Å². The third kappa shape index (κ3) is 4.54. The highest BCUT2D eigenvalue weighted by Gasteiger charge is 2.33. The summed E-state index contributed by atoms with van der Waals surface area (Å²) in [5, 5.41) is 17.9. The zero-order chi connectivity index (χ0) is 17.3. The number of amides is 1. The van der Waals surface area contributed by atoms with E-state index in [0.29, 0.717) is 31.7 Å². The van der Waals surface area contributed by atoms with E-state index in [1.165, 1.54) is 0 Å². The van der Waals surface area contributed by atoms with E-state index in [0.717, 1.165) is 18.5 Å². The Labute approximate surface area is 138 Å². The summed E-state index contributed by atoms with van der Waals surface area (Å²) in [5.74, 6) is -0.0501. The van der Waals surface area contributed by atoms with Gasteiger partial charge in [-0.15, -0.1) is 0 Å². The van der Waals surface area contributed by atoms with Crippen molar-refractivity contribution in [2.24, 2.45) is 0 Å². The Morgan fingerprint density at radius 1 is 1.39 bits per heavy atom. The normalized spacial score (nSPS) is 23.2. The number of nitrogens with one attached hydrogen (secondary N) is 1. The smallest absolute Gasteiger partial charge is 0.274 e. The number of aliphatic hydroxyl groups is 1. The molecule has 0 bridgehead atoms. The van der Waals surface area contributed by atoms with Gasteiger partial charge in [0.15, 0.2) is 0 Å². The van der Waals surface area contributed by atoms with Crippen molar-refractivity contribution >= 4 is 5.91 Å². The summed E-state index contributed by atoms with van der Waals surface area (Å²) in [7, 11) is 3.92. The van der Waals surface area contributed by atoms with Gasteiger partial charge >= 0.3 is 0 Å². The highest BCUT2D eigenvalue weighted by Crippen LogP contribution is 2.25. The Bertz CT molecular complexity index is 547. The standard InChI is InChI=1S/C17H30N4O2/c1-16(2,3)14-11-13(18-19-14)15(22)21-9-6-7-17(23,8-10-21)12-20(4)5/h11,23H,6-10,12H2,1-5H3,(H,18,19)/t17-/m1/s1. The first-order chi connectivity index (χ1) is 10.6. The van der Waals surface area contributed by atoms with Crippen LogP contribution in [0, 0.1) is 0 Å². The largest absolute Gasteiger partial charge is 0.388 e. The molecule has 1 aliphatic heterocycles. The number of carbonyl (C=O) groups is 1. The Morgan fingerprint density at radius 3 is 2.65 bits per heavy atom. The molecule has 1 aromatic heterocycles. The highest BCUT2D eigenvalue weighted by atomic mass is 16.3. The van der Waals surface area contributed by atoms with Crippen molar-refractivity contribution < 1.29 is 9.90 Å². The lowest BCUT2D eigenvalue weighted by Crippen LogP contribution is -2.41. The van der Waals surface area contributed by atoms with Gasteiger partial charge in [0.05, 0.1) is 5.60 Å². The first kappa shape index (κ1) is 17.9. The molecular formula is C17H30N4O2. The fourth-order valence-corrected chi connectivity index (χ4v) is 3.11. The predicted octanol–water partition coefficient (Wildman–Crippen LogP) is 1.63. The number of rotatable bonds is 3. The summed E-state index contributed by atoms with van der Waals surface area (Å²) in [6.07, 6.45) is 2.14. The number of likely N-dealkylation sites (N-methyl/N-ethyl adjacent to an activating group) is 1. The van der Waals surface area contributed by atoms with E-state index in [9.17, 15) is 9.90 Å². The third-order valence-electron chi connectivity index (χ3n) is 4.42. The van der Waals surface area contributed by atoms with E-state index in [-0.39, 0.29) is 11.3 Å². The number of aromatic amines is 1. The number of aromatic nitrogens is 2. The second-order valence-corrected chi connectivity index (χ2v) is 8.02. The van der Waals surface area contributed by atoms with Gasteiger partial charge in [-0.25, -0.2) is 0 Å². The Kier molecular flexibility index (Phi) is 5.16. The maximum Gasteiger partial charge on any atom is 0.274 e. The molecule has 2 heterocycles. The molecule has 1 saturated heterocycles. The molecule has 1 atom stereocenters. The predicted molar refractivity (Wildman–Crippen MR) is 90.5 cm³/mol. The van der Waals surface area contributed by atoms with E-state index < -0.39 is 5.60 Å². The molecule has 23 heavy (non-hydrogen) atoms. The zero-order valence-electron chi connectivity index (χ0n) is 15.0. The number of likely N-dealkylation sites (tertiary alicyclic amines) is 1. The number of carbonyl (C=O) groups excluding carboxylic acids is 1. The molecule has 0 aliphatic carbocycles. The van der Waals surface area contributed by atoms with Crippen LogP contribution in [-0.2, 0) is 5.41 Å². The van der Waals surface area contributed by atoms with Gasteiger partial charge in [-0.1, -0.05) is 20.8 Å². The van der Waals surface area contributed by atoms with Crippen molar-refractivity contribution in [3.63, 3.8) is 0 Å². The van der Waals surface area contributed by atoms with Gasteiger partial charge in [-0.2, -0.15) is 5.10 Å². The maximum absolute atomic E-state index is 12.7. The average molecular weight is 322 g/mol. The molecule has 0 saturated carbocycles. The van der Waals surface area contributed by atoms with E-state index in [1.54, 1.807) is 0 Å². The van der Waals surface area contributed by atoms with Crippen LogP contribution >= 0.6 is 0 Å². The minimum atomic E-state index is -0.708. The zero-order valence-corrected chi connectivity index (χ0v) is 15.0. The van der Waals surface area contributed by atoms with Gasteiger partial charge < -0.3 is 14.9 Å². The quantitative estimate of drug-likeness (QED) is 0.887. The maximum atomic E-state index is 12.7. The molecule has 1 fully saturated rings. The van der Waals surface area contributed by atoms with Crippen LogP contribution in [0.1, 0.15) is 56.2 Å². The van der Waals surface area contributed by atoms with Gasteiger partial charge in [0, 0.05) is 30.7 Å². The van der Waals surface area contributed by atoms with Crippen LogP contribution in [0.4, 0.5) is 0 Å². The van der Waals surface area contributed by atoms with E-state index in [1.807, 2.05) is 30.0 Å². The van der Waals surface area contributed by atoms with E-state index >= 15 is 0 Å². The molecule has 0 aromatic carbocycles. The second kappa shape index (κ2) is 6.61.